The minimum atomic E-state index is -1.36. The fourth-order valence-corrected chi connectivity index (χ4v) is 1.18. The Labute approximate surface area is 96.1 Å². The number of ketones is 1. The van der Waals surface area contributed by atoms with Crippen LogP contribution in [0.1, 0.15) is 17.3 Å². The maximum atomic E-state index is 13.4. The summed E-state index contributed by atoms with van der Waals surface area (Å²) in [7, 11) is 1.22. The molecule has 1 aromatic carbocycles. The van der Waals surface area contributed by atoms with Crippen LogP contribution in [0, 0.1) is 11.6 Å². The van der Waals surface area contributed by atoms with E-state index in [2.05, 4.69) is 9.47 Å². The zero-order valence-electron chi connectivity index (χ0n) is 9.25. The van der Waals surface area contributed by atoms with Crippen molar-refractivity contribution in [2.75, 3.05) is 13.7 Å². The van der Waals surface area contributed by atoms with Crippen molar-refractivity contribution >= 4 is 11.8 Å². The highest BCUT2D eigenvalue weighted by Gasteiger charge is 2.26. The van der Waals surface area contributed by atoms with Crippen LogP contribution >= 0.6 is 0 Å². The molecule has 0 saturated heterocycles. The molecule has 1 aromatic rings. The van der Waals surface area contributed by atoms with E-state index in [9.17, 15) is 18.4 Å². The van der Waals surface area contributed by atoms with Gasteiger partial charge in [0.25, 0.3) is 5.78 Å². The first-order valence-electron chi connectivity index (χ1n) is 4.75. The van der Waals surface area contributed by atoms with Crippen molar-refractivity contribution in [3.05, 3.63) is 29.3 Å². The van der Waals surface area contributed by atoms with Crippen molar-refractivity contribution in [1.29, 1.82) is 0 Å². The molecule has 0 fully saturated rings. The summed E-state index contributed by atoms with van der Waals surface area (Å²) < 4.78 is 35.8. The molecule has 0 saturated carbocycles. The largest absolute Gasteiger partial charge is 0.497 e. The molecule has 0 N–H and O–H groups in total. The Morgan fingerprint density at radius 3 is 2.18 bits per heavy atom. The molecule has 0 unspecified atom stereocenters. The van der Waals surface area contributed by atoms with Gasteiger partial charge in [-0.15, -0.1) is 0 Å². The van der Waals surface area contributed by atoms with E-state index in [4.69, 9.17) is 0 Å². The zero-order chi connectivity index (χ0) is 13.0. The molecule has 4 nitrogen and oxygen atoms in total. The lowest BCUT2D eigenvalue weighted by molar-refractivity contribution is -0.137. The Morgan fingerprint density at radius 1 is 1.24 bits per heavy atom. The van der Waals surface area contributed by atoms with Gasteiger partial charge in [0, 0.05) is 12.1 Å². The molecule has 0 aliphatic heterocycles. The van der Waals surface area contributed by atoms with Gasteiger partial charge in [0.2, 0.25) is 0 Å². The molecule has 0 aliphatic carbocycles. The van der Waals surface area contributed by atoms with Crippen LogP contribution in [0.3, 0.4) is 0 Å². The molecule has 0 bridgehead atoms. The van der Waals surface area contributed by atoms with Gasteiger partial charge in [-0.1, -0.05) is 0 Å². The van der Waals surface area contributed by atoms with Gasteiger partial charge >= 0.3 is 5.97 Å². The number of hydrogen-bond acceptors (Lipinski definition) is 4. The standard InChI is InChI=1S/C11H10F2O4/c1-3-17-11(15)10(14)9-7(12)4-6(16-2)5-8(9)13/h4-5H,3H2,1-2H3. The average Bonchev–Trinajstić information content (AvgIpc) is 2.28. The second-order valence-electron chi connectivity index (χ2n) is 3.02. The number of methoxy groups -OCH3 is 1. The monoisotopic (exact) mass is 244 g/mol. The molecule has 1 rings (SSSR count). The van der Waals surface area contributed by atoms with E-state index in [0.717, 1.165) is 12.1 Å². The summed E-state index contributed by atoms with van der Waals surface area (Å²) >= 11 is 0. The van der Waals surface area contributed by atoms with Crippen LogP contribution in [0.15, 0.2) is 12.1 Å². The zero-order valence-corrected chi connectivity index (χ0v) is 9.25. The lowest BCUT2D eigenvalue weighted by atomic mass is 10.1. The van der Waals surface area contributed by atoms with Crippen molar-refractivity contribution in [1.82, 2.24) is 0 Å². The molecule has 0 aromatic heterocycles. The predicted molar refractivity (Wildman–Crippen MR) is 53.9 cm³/mol. The van der Waals surface area contributed by atoms with E-state index in [1.165, 1.54) is 14.0 Å². The van der Waals surface area contributed by atoms with Crippen molar-refractivity contribution in [2.24, 2.45) is 0 Å². The first kappa shape index (κ1) is 13.1. The van der Waals surface area contributed by atoms with Crippen LogP contribution in [-0.4, -0.2) is 25.5 Å². The van der Waals surface area contributed by atoms with Crippen LogP contribution in [0.5, 0.6) is 5.75 Å². The fourth-order valence-electron chi connectivity index (χ4n) is 1.18. The van der Waals surface area contributed by atoms with Crippen molar-refractivity contribution in [3.8, 4) is 5.75 Å². The summed E-state index contributed by atoms with van der Waals surface area (Å²) in [5.74, 6) is -5.07. The van der Waals surface area contributed by atoms with Crippen LogP contribution in [-0.2, 0) is 9.53 Å². The Morgan fingerprint density at radius 2 is 1.76 bits per heavy atom. The first-order chi connectivity index (χ1) is 8.01. The SMILES string of the molecule is CCOC(=O)C(=O)c1c(F)cc(OC)cc1F. The molecule has 0 aliphatic rings. The summed E-state index contributed by atoms with van der Waals surface area (Å²) in [6.07, 6.45) is 0. The molecule has 0 spiro atoms. The third-order valence-corrected chi connectivity index (χ3v) is 1.94. The summed E-state index contributed by atoms with van der Waals surface area (Å²) in [6.45, 7) is 1.43. The fraction of sp³-hybridized carbons (Fsp3) is 0.273. The maximum absolute atomic E-state index is 13.4. The van der Waals surface area contributed by atoms with Gasteiger partial charge in [-0.05, 0) is 6.92 Å². The Hall–Kier alpha value is -1.98. The topological polar surface area (TPSA) is 52.6 Å². The van der Waals surface area contributed by atoms with E-state index in [0.29, 0.717) is 0 Å². The smallest absolute Gasteiger partial charge is 0.379 e. The molecule has 0 atom stereocenters. The number of carbonyl (C=O) groups is 2. The van der Waals surface area contributed by atoms with Gasteiger partial charge in [-0.2, -0.15) is 0 Å². The van der Waals surface area contributed by atoms with Crippen LogP contribution in [0.2, 0.25) is 0 Å². The number of Topliss-reactive ketones (excluding diaryl/α,β-unsaturated/α-hetero) is 1. The maximum Gasteiger partial charge on any atom is 0.379 e. The van der Waals surface area contributed by atoms with Gasteiger partial charge in [0.15, 0.2) is 0 Å². The highest BCUT2D eigenvalue weighted by atomic mass is 19.1. The Bertz CT molecular complexity index is 434. The van der Waals surface area contributed by atoms with Crippen LogP contribution < -0.4 is 4.74 Å². The van der Waals surface area contributed by atoms with Crippen molar-refractivity contribution in [3.63, 3.8) is 0 Å². The van der Waals surface area contributed by atoms with Crippen LogP contribution in [0.4, 0.5) is 8.78 Å². The molecule has 92 valence electrons. The normalized spacial score (nSPS) is 9.88. The summed E-state index contributed by atoms with van der Waals surface area (Å²) in [5, 5.41) is 0. The van der Waals surface area contributed by atoms with Gasteiger partial charge in [0.1, 0.15) is 22.9 Å². The summed E-state index contributed by atoms with van der Waals surface area (Å²) in [5.41, 5.74) is -0.941. The molecular weight excluding hydrogens is 234 g/mol. The number of halogens is 2. The molecule has 0 radical (unpaired) electrons. The van der Waals surface area contributed by atoms with Gasteiger partial charge in [0.05, 0.1) is 13.7 Å². The minimum absolute atomic E-state index is 0.0516. The van der Waals surface area contributed by atoms with E-state index >= 15 is 0 Å². The number of esters is 1. The van der Waals surface area contributed by atoms with Gasteiger partial charge in [-0.3, -0.25) is 4.79 Å². The number of benzene rings is 1. The number of rotatable bonds is 4. The highest BCUT2D eigenvalue weighted by molar-refractivity contribution is 6.40. The van der Waals surface area contributed by atoms with E-state index in [1.54, 1.807) is 0 Å². The molecular formula is C11H10F2O4. The molecule has 0 amide bonds. The lowest BCUT2D eigenvalue weighted by Gasteiger charge is -2.06. The lowest BCUT2D eigenvalue weighted by Crippen LogP contribution is -2.20. The predicted octanol–water partition coefficient (Wildman–Crippen LogP) is 1.72. The number of hydrogen-bond donors (Lipinski definition) is 0. The van der Waals surface area contributed by atoms with Crippen molar-refractivity contribution < 1.29 is 27.8 Å². The van der Waals surface area contributed by atoms with Crippen molar-refractivity contribution in [2.45, 2.75) is 6.92 Å². The second kappa shape index (κ2) is 5.38. The van der Waals surface area contributed by atoms with E-state index in [1.807, 2.05) is 0 Å². The summed E-state index contributed by atoms with van der Waals surface area (Å²) in [6, 6.07) is 1.63. The van der Waals surface area contributed by atoms with Crippen LogP contribution in [0.25, 0.3) is 0 Å². The molecule has 17 heavy (non-hydrogen) atoms. The van der Waals surface area contributed by atoms with Gasteiger partial charge in [-0.25, -0.2) is 13.6 Å². The quantitative estimate of drug-likeness (QED) is 0.459. The minimum Gasteiger partial charge on any atom is -0.497 e. The Kier molecular flexibility index (Phi) is 4.14. The third kappa shape index (κ3) is 2.77. The Balaban J connectivity index is 3.14. The summed E-state index contributed by atoms with van der Waals surface area (Å²) in [4.78, 5) is 22.4. The highest BCUT2D eigenvalue weighted by Crippen LogP contribution is 2.21. The van der Waals surface area contributed by atoms with E-state index < -0.39 is 29.0 Å². The molecule has 0 heterocycles. The third-order valence-electron chi connectivity index (χ3n) is 1.94. The number of ether oxygens (including phenoxy) is 2. The first-order valence-corrected chi connectivity index (χ1v) is 4.75. The molecule has 6 heteroatoms. The van der Waals surface area contributed by atoms with E-state index in [-0.39, 0.29) is 12.4 Å². The number of carbonyl (C=O) groups excluding carboxylic acids is 2. The van der Waals surface area contributed by atoms with Gasteiger partial charge < -0.3 is 9.47 Å². The second-order valence-corrected chi connectivity index (χ2v) is 3.02. The average molecular weight is 244 g/mol.